The van der Waals surface area contributed by atoms with Crippen LogP contribution in [0.2, 0.25) is 0 Å². The zero-order valence-electron chi connectivity index (χ0n) is 44.2. The Kier molecular flexibility index (Phi) is 2.12. The normalized spacial score (nSPS) is 19.9. The second-order valence-corrected chi connectivity index (χ2v) is 8.65. The van der Waals surface area contributed by atoms with Crippen molar-refractivity contribution in [2.45, 2.75) is 0 Å². The van der Waals surface area contributed by atoms with Crippen molar-refractivity contribution in [3.63, 3.8) is 0 Å². The van der Waals surface area contributed by atoms with E-state index in [-0.39, 0.29) is 5.39 Å². The minimum Gasteiger partial charge on any atom is -0.0616 e. The van der Waals surface area contributed by atoms with Gasteiger partial charge in [0.1, 0.15) is 0 Å². The highest BCUT2D eigenvalue weighted by Crippen LogP contribution is 2.45. The Hall–Kier alpha value is -5.20. The van der Waals surface area contributed by atoms with Crippen LogP contribution in [0, 0.1) is 0 Å². The monoisotopic (exact) mass is 530 g/mol. The lowest BCUT2D eigenvalue weighted by Gasteiger charge is -2.19. The maximum absolute atomic E-state index is 9.68. The van der Waals surface area contributed by atoms with Crippen molar-refractivity contribution in [1.82, 2.24) is 0 Å². The molecular formula is C40H26. The molecular weight excluding hydrogens is 480 g/mol. The molecule has 0 atom stereocenters. The number of fused-ring (bicyclic) bond motifs is 4. The summed E-state index contributed by atoms with van der Waals surface area (Å²) >= 11 is 0. The minimum atomic E-state index is -0.983. The first-order valence-electron chi connectivity index (χ1n) is 23.9. The molecule has 0 heteroatoms. The summed E-state index contributed by atoms with van der Waals surface area (Å²) in [6, 6.07) is -17.6. The van der Waals surface area contributed by atoms with E-state index in [0.29, 0.717) is 0 Å². The Bertz CT molecular complexity index is 3530. The Balaban J connectivity index is 1.70. The van der Waals surface area contributed by atoms with E-state index >= 15 is 0 Å². The van der Waals surface area contributed by atoms with E-state index in [0.717, 1.165) is 12.1 Å². The number of benzene rings is 8. The summed E-state index contributed by atoms with van der Waals surface area (Å²) in [6.07, 6.45) is 0. The molecule has 8 aromatic carbocycles. The van der Waals surface area contributed by atoms with Gasteiger partial charge in [0.2, 0.25) is 0 Å². The van der Waals surface area contributed by atoms with E-state index < -0.39 is 216 Å². The van der Waals surface area contributed by atoms with Crippen LogP contribution in [0.5, 0.6) is 0 Å². The molecule has 0 heterocycles. The highest BCUT2D eigenvalue weighted by molar-refractivity contribution is 6.23. The van der Waals surface area contributed by atoms with Gasteiger partial charge in [0, 0.05) is 0 Å². The fourth-order valence-corrected chi connectivity index (χ4v) is 4.76. The fraction of sp³-hybridized carbons (Fsp3) is 0. The topological polar surface area (TPSA) is 0 Å². The van der Waals surface area contributed by atoms with Gasteiger partial charge in [-0.15, -0.1) is 0 Å². The lowest BCUT2D eigenvalue weighted by atomic mass is 9.84. The quantitative estimate of drug-likeness (QED) is 0.199. The summed E-state index contributed by atoms with van der Waals surface area (Å²) in [4.78, 5) is 0. The summed E-state index contributed by atoms with van der Waals surface area (Å²) in [5.74, 6) is 0. The first-order valence-corrected chi connectivity index (χ1v) is 11.9. The Morgan fingerprint density at radius 1 is 0.325 bits per heavy atom. The van der Waals surface area contributed by atoms with E-state index in [4.69, 9.17) is 23.3 Å². The second-order valence-electron chi connectivity index (χ2n) is 8.65. The molecule has 0 aliphatic rings. The minimum absolute atomic E-state index is 0.288. The predicted molar refractivity (Wildman–Crippen MR) is 173 cm³/mol. The zero-order valence-corrected chi connectivity index (χ0v) is 20.2. The average Bonchev–Trinajstić information content (AvgIpc) is 3.25. The van der Waals surface area contributed by atoms with Gasteiger partial charge in [0.15, 0.2) is 0 Å². The molecule has 0 radical (unpaired) electrons. The van der Waals surface area contributed by atoms with Gasteiger partial charge in [-0.1, -0.05) is 145 Å². The van der Waals surface area contributed by atoms with Gasteiger partial charge in [0.05, 0.1) is 32.9 Å². The molecule has 0 unspecified atom stereocenters. The van der Waals surface area contributed by atoms with Crippen LogP contribution in [-0.2, 0) is 0 Å². The number of hydrogen-bond donors (Lipinski definition) is 0. The highest BCUT2D eigenvalue weighted by Gasteiger charge is 2.18. The predicted octanol–water partition coefficient (Wildman–Crippen LogP) is 11.3. The largest absolute Gasteiger partial charge is 0.0636 e. The Morgan fingerprint density at radius 2 is 0.900 bits per heavy atom. The van der Waals surface area contributed by atoms with Gasteiger partial charge in [-0.2, -0.15) is 0 Å². The van der Waals surface area contributed by atoms with E-state index in [1.807, 2.05) is 0 Å². The Labute approximate surface area is 267 Å². The van der Waals surface area contributed by atoms with Crippen molar-refractivity contribution in [3.05, 3.63) is 157 Å². The molecule has 0 saturated carbocycles. The van der Waals surface area contributed by atoms with Crippen LogP contribution in [0.3, 0.4) is 0 Å². The number of rotatable bonds is 3. The van der Waals surface area contributed by atoms with Crippen LogP contribution in [0.15, 0.2) is 157 Å². The molecule has 0 spiro atoms. The summed E-state index contributed by atoms with van der Waals surface area (Å²) < 4.78 is 212. The molecule has 0 bridgehead atoms. The molecule has 186 valence electrons. The summed E-state index contributed by atoms with van der Waals surface area (Å²) in [6.45, 7) is 0. The van der Waals surface area contributed by atoms with Crippen LogP contribution in [-0.4, -0.2) is 0 Å². The summed E-state index contributed by atoms with van der Waals surface area (Å²) in [7, 11) is 0. The van der Waals surface area contributed by atoms with Crippen molar-refractivity contribution in [1.29, 1.82) is 0 Å². The molecule has 0 amide bonds. The standard InChI is InChI=1S/C40H26/c1-2-13-29-25-31(24-23-27(29)11-1)30-15-9-16-32(26-30)39-35-18-5-7-20-37(35)40(38-21-8-6-19-36(38)39)34-22-10-14-28-12-3-4-17-33(28)34/h1-26H/i1D,2D,3D,4D,5D,6D,7D,8D,9D,10D,11D,12D,13D,14D,15D,16D,18D,20D,21D,22D,23D,24D,25D,26D. The van der Waals surface area contributed by atoms with Gasteiger partial charge in [-0.25, -0.2) is 0 Å². The van der Waals surface area contributed by atoms with Crippen molar-refractivity contribution in [3.8, 4) is 33.4 Å². The lowest BCUT2D eigenvalue weighted by Crippen LogP contribution is -1.92. The lowest BCUT2D eigenvalue weighted by molar-refractivity contribution is 1.63. The van der Waals surface area contributed by atoms with Crippen LogP contribution in [0.4, 0.5) is 0 Å². The zero-order chi connectivity index (χ0) is 47.4. The molecule has 0 N–H and O–H groups in total. The van der Waals surface area contributed by atoms with Crippen LogP contribution in [0.1, 0.15) is 32.9 Å². The van der Waals surface area contributed by atoms with Crippen molar-refractivity contribution in [2.75, 3.05) is 0 Å². The first-order chi connectivity index (χ1) is 29.8. The third kappa shape index (κ3) is 3.61. The SMILES string of the molecule is [2H]c1cc2c(-c3c4c([2H])c([2H])c([2H])cc4c(-c4c([2H])c([2H])c([2H])c(-c5c([2H])c([2H])c6c([2H])c([2H])c([2H])c([2H])c6c5[2H])c4[2H])c4c([2H])c([2H])c([2H])c([2H])c34)c([2H])c([2H])c([2H])c2c([2H])c1[2H]. The smallest absolute Gasteiger partial charge is 0.0616 e. The summed E-state index contributed by atoms with van der Waals surface area (Å²) in [5, 5.41) is -3.80. The van der Waals surface area contributed by atoms with Crippen molar-refractivity contribution >= 4 is 43.1 Å². The van der Waals surface area contributed by atoms with Gasteiger partial charge in [-0.05, 0) is 88.6 Å². The van der Waals surface area contributed by atoms with Crippen molar-refractivity contribution < 1.29 is 32.9 Å². The fourth-order valence-electron chi connectivity index (χ4n) is 4.76. The van der Waals surface area contributed by atoms with Gasteiger partial charge >= 0.3 is 0 Å². The highest BCUT2D eigenvalue weighted by atomic mass is 14.2. The molecule has 0 aliphatic heterocycles. The molecule has 40 heavy (non-hydrogen) atoms. The first kappa shape index (κ1) is 9.18. The van der Waals surface area contributed by atoms with Crippen LogP contribution < -0.4 is 0 Å². The molecule has 0 saturated heterocycles. The third-order valence-electron chi connectivity index (χ3n) is 6.47. The number of hydrogen-bond acceptors (Lipinski definition) is 0. The van der Waals surface area contributed by atoms with E-state index in [1.54, 1.807) is 0 Å². The van der Waals surface area contributed by atoms with Gasteiger partial charge in [0.25, 0.3) is 0 Å². The maximum atomic E-state index is 9.68. The van der Waals surface area contributed by atoms with E-state index in [9.17, 15) is 9.60 Å². The molecule has 0 aromatic heterocycles. The van der Waals surface area contributed by atoms with Gasteiger partial charge < -0.3 is 0 Å². The maximum Gasteiger partial charge on any atom is 0.0636 e. The average molecular weight is 531 g/mol. The van der Waals surface area contributed by atoms with Crippen LogP contribution in [0.25, 0.3) is 76.5 Å². The molecule has 0 aliphatic carbocycles. The van der Waals surface area contributed by atoms with E-state index in [2.05, 4.69) is 0 Å². The van der Waals surface area contributed by atoms with Gasteiger partial charge in [-0.3, -0.25) is 0 Å². The van der Waals surface area contributed by atoms with E-state index in [1.165, 1.54) is 0 Å². The molecule has 8 rings (SSSR count). The molecule has 0 fully saturated rings. The molecule has 0 nitrogen and oxygen atoms in total. The second kappa shape index (κ2) is 9.22. The third-order valence-corrected chi connectivity index (χ3v) is 6.47. The van der Waals surface area contributed by atoms with Crippen molar-refractivity contribution in [2.24, 2.45) is 0 Å². The summed E-state index contributed by atoms with van der Waals surface area (Å²) in [5.41, 5.74) is -3.70. The molecule has 8 aromatic rings. The van der Waals surface area contributed by atoms with Crippen LogP contribution >= 0.6 is 0 Å². The Morgan fingerprint density at radius 3 is 1.77 bits per heavy atom.